The fourth-order valence-corrected chi connectivity index (χ4v) is 2.69. The summed E-state index contributed by atoms with van der Waals surface area (Å²) in [6.07, 6.45) is 3.25. The third-order valence-electron chi connectivity index (χ3n) is 4.10. The number of aromatic nitrogens is 2. The number of nitrogens with one attached hydrogen (secondary N) is 1. The average Bonchev–Trinajstić information content (AvgIpc) is 3.11. The van der Waals surface area contributed by atoms with Crippen LogP contribution < -0.4 is 10.1 Å². The number of ether oxygens (including phenoxy) is 1. The molecule has 1 N–H and O–H groups in total. The maximum Gasteiger partial charge on any atom is 0.280 e. The SMILES string of the molecule is CCCOc1cn(-c2ccc(F)cc2)nc1C(=O)Nc1ccccc1CC. The van der Waals surface area contributed by atoms with Crippen molar-refractivity contribution in [3.8, 4) is 11.4 Å². The van der Waals surface area contributed by atoms with Crippen LogP contribution in [0.4, 0.5) is 10.1 Å². The highest BCUT2D eigenvalue weighted by Crippen LogP contribution is 2.23. The Morgan fingerprint density at radius 2 is 1.89 bits per heavy atom. The molecule has 2 aromatic carbocycles. The molecule has 0 atom stereocenters. The van der Waals surface area contributed by atoms with E-state index in [2.05, 4.69) is 10.4 Å². The summed E-state index contributed by atoms with van der Waals surface area (Å²) >= 11 is 0. The first kappa shape index (κ1) is 18.6. The number of nitrogens with zero attached hydrogens (tertiary/aromatic N) is 2. The van der Waals surface area contributed by atoms with Crippen molar-refractivity contribution in [2.75, 3.05) is 11.9 Å². The molecule has 140 valence electrons. The van der Waals surface area contributed by atoms with Gasteiger partial charge < -0.3 is 10.1 Å². The Kier molecular flexibility index (Phi) is 5.86. The van der Waals surface area contributed by atoms with E-state index in [0.717, 1.165) is 24.1 Å². The van der Waals surface area contributed by atoms with Crippen LogP contribution in [0.3, 0.4) is 0 Å². The van der Waals surface area contributed by atoms with Crippen molar-refractivity contribution in [1.82, 2.24) is 9.78 Å². The number of carbonyl (C=O) groups excluding carboxylic acids is 1. The van der Waals surface area contributed by atoms with Gasteiger partial charge in [-0.25, -0.2) is 9.07 Å². The second-order valence-corrected chi connectivity index (χ2v) is 6.08. The average molecular weight is 367 g/mol. The summed E-state index contributed by atoms with van der Waals surface area (Å²) in [5.41, 5.74) is 2.63. The Hall–Kier alpha value is -3.15. The second kappa shape index (κ2) is 8.49. The molecule has 0 bridgehead atoms. The van der Waals surface area contributed by atoms with E-state index >= 15 is 0 Å². The van der Waals surface area contributed by atoms with Crippen LogP contribution in [0.1, 0.15) is 36.3 Å². The van der Waals surface area contributed by atoms with Crippen molar-refractivity contribution in [3.05, 3.63) is 71.8 Å². The predicted molar refractivity (Wildman–Crippen MR) is 103 cm³/mol. The van der Waals surface area contributed by atoms with Crippen molar-refractivity contribution in [3.63, 3.8) is 0 Å². The van der Waals surface area contributed by atoms with Crippen molar-refractivity contribution >= 4 is 11.6 Å². The standard InChI is InChI=1S/C21H22FN3O2/c1-3-13-27-19-14-25(17-11-9-16(22)10-12-17)24-20(19)21(26)23-18-8-6-5-7-15(18)4-2/h5-12,14H,3-4,13H2,1-2H3,(H,23,26). The molecule has 0 fully saturated rings. The zero-order chi connectivity index (χ0) is 19.2. The van der Waals surface area contributed by atoms with Gasteiger partial charge in [0.15, 0.2) is 11.4 Å². The highest BCUT2D eigenvalue weighted by atomic mass is 19.1. The number of hydrogen-bond acceptors (Lipinski definition) is 3. The number of benzene rings is 2. The lowest BCUT2D eigenvalue weighted by Gasteiger charge is -2.09. The van der Waals surface area contributed by atoms with Gasteiger partial charge in [-0.3, -0.25) is 4.79 Å². The minimum Gasteiger partial charge on any atom is -0.489 e. The fourth-order valence-electron chi connectivity index (χ4n) is 2.69. The predicted octanol–water partition coefficient (Wildman–Crippen LogP) is 4.61. The first-order valence-electron chi connectivity index (χ1n) is 9.00. The van der Waals surface area contributed by atoms with E-state index in [9.17, 15) is 9.18 Å². The third-order valence-corrected chi connectivity index (χ3v) is 4.10. The normalized spacial score (nSPS) is 10.6. The molecule has 3 rings (SSSR count). The van der Waals surface area contributed by atoms with Gasteiger partial charge in [-0.2, -0.15) is 5.10 Å². The van der Waals surface area contributed by atoms with Crippen LogP contribution in [0.25, 0.3) is 5.69 Å². The molecular formula is C21H22FN3O2. The van der Waals surface area contributed by atoms with E-state index in [1.165, 1.54) is 16.8 Å². The van der Waals surface area contributed by atoms with Crippen LogP contribution >= 0.6 is 0 Å². The maximum atomic E-state index is 13.2. The summed E-state index contributed by atoms with van der Waals surface area (Å²) in [7, 11) is 0. The largest absolute Gasteiger partial charge is 0.489 e. The molecule has 0 aliphatic heterocycles. The molecule has 0 aliphatic carbocycles. The molecule has 0 radical (unpaired) electrons. The van der Waals surface area contributed by atoms with E-state index in [0.29, 0.717) is 18.0 Å². The molecule has 0 unspecified atom stereocenters. The van der Waals surface area contributed by atoms with Gasteiger partial charge in [0.25, 0.3) is 5.91 Å². The molecular weight excluding hydrogens is 345 g/mol. The van der Waals surface area contributed by atoms with Gasteiger partial charge in [0.05, 0.1) is 18.5 Å². The highest BCUT2D eigenvalue weighted by molar-refractivity contribution is 6.05. The molecule has 6 heteroatoms. The molecule has 1 amide bonds. The lowest BCUT2D eigenvalue weighted by Crippen LogP contribution is -2.15. The van der Waals surface area contributed by atoms with Gasteiger partial charge in [0, 0.05) is 5.69 Å². The highest BCUT2D eigenvalue weighted by Gasteiger charge is 2.20. The van der Waals surface area contributed by atoms with Gasteiger partial charge in [0.2, 0.25) is 0 Å². The molecule has 0 saturated heterocycles. The second-order valence-electron chi connectivity index (χ2n) is 6.08. The molecule has 3 aromatic rings. The number of amides is 1. The molecule has 1 aromatic heterocycles. The maximum absolute atomic E-state index is 13.2. The molecule has 0 aliphatic rings. The fraction of sp³-hybridized carbons (Fsp3) is 0.238. The van der Waals surface area contributed by atoms with Crippen LogP contribution in [0.15, 0.2) is 54.7 Å². The van der Waals surface area contributed by atoms with Crippen molar-refractivity contribution in [2.45, 2.75) is 26.7 Å². The minimum absolute atomic E-state index is 0.193. The first-order chi connectivity index (χ1) is 13.1. The van der Waals surface area contributed by atoms with Crippen molar-refractivity contribution in [1.29, 1.82) is 0 Å². The summed E-state index contributed by atoms with van der Waals surface area (Å²) in [6.45, 7) is 4.49. The minimum atomic E-state index is -0.345. The Labute approximate surface area is 157 Å². The molecule has 27 heavy (non-hydrogen) atoms. The van der Waals surface area contributed by atoms with Crippen LogP contribution in [0, 0.1) is 5.82 Å². The Bertz CT molecular complexity index is 919. The smallest absolute Gasteiger partial charge is 0.280 e. The van der Waals surface area contributed by atoms with E-state index in [-0.39, 0.29) is 17.4 Å². The van der Waals surface area contributed by atoms with Gasteiger partial charge in [0.1, 0.15) is 5.82 Å². The lowest BCUT2D eigenvalue weighted by molar-refractivity contribution is 0.101. The molecule has 1 heterocycles. The van der Waals surface area contributed by atoms with Crippen LogP contribution in [-0.4, -0.2) is 22.3 Å². The van der Waals surface area contributed by atoms with E-state index in [1.807, 2.05) is 38.1 Å². The Balaban J connectivity index is 1.92. The Morgan fingerprint density at radius 3 is 2.59 bits per heavy atom. The number of halogens is 1. The third kappa shape index (κ3) is 4.34. The summed E-state index contributed by atoms with van der Waals surface area (Å²) in [5, 5.41) is 7.29. The topological polar surface area (TPSA) is 56.2 Å². The number of rotatable bonds is 7. The number of aryl methyl sites for hydroxylation is 1. The molecule has 5 nitrogen and oxygen atoms in total. The van der Waals surface area contributed by atoms with Crippen LogP contribution in [0.5, 0.6) is 5.75 Å². The summed E-state index contributed by atoms with van der Waals surface area (Å²) < 4.78 is 20.4. The molecule has 0 spiro atoms. The van der Waals surface area contributed by atoms with E-state index in [1.54, 1.807) is 18.3 Å². The summed E-state index contributed by atoms with van der Waals surface area (Å²) in [4.78, 5) is 12.8. The van der Waals surface area contributed by atoms with Crippen LogP contribution in [-0.2, 0) is 6.42 Å². The summed E-state index contributed by atoms with van der Waals surface area (Å²) in [6, 6.07) is 13.5. The molecule has 0 saturated carbocycles. The quantitative estimate of drug-likeness (QED) is 0.663. The van der Waals surface area contributed by atoms with Crippen LogP contribution in [0.2, 0.25) is 0 Å². The zero-order valence-corrected chi connectivity index (χ0v) is 15.4. The number of hydrogen-bond donors (Lipinski definition) is 1. The number of para-hydroxylation sites is 1. The van der Waals surface area contributed by atoms with Gasteiger partial charge in [-0.15, -0.1) is 0 Å². The summed E-state index contributed by atoms with van der Waals surface area (Å²) in [5.74, 6) is -0.280. The van der Waals surface area contributed by atoms with Crippen molar-refractivity contribution in [2.24, 2.45) is 0 Å². The van der Waals surface area contributed by atoms with Gasteiger partial charge in [-0.05, 0) is 48.7 Å². The Morgan fingerprint density at radius 1 is 1.15 bits per heavy atom. The lowest BCUT2D eigenvalue weighted by atomic mass is 10.1. The van der Waals surface area contributed by atoms with Gasteiger partial charge >= 0.3 is 0 Å². The first-order valence-corrected chi connectivity index (χ1v) is 9.00. The number of carbonyl (C=O) groups is 1. The van der Waals surface area contributed by atoms with E-state index in [4.69, 9.17) is 4.74 Å². The van der Waals surface area contributed by atoms with Crippen molar-refractivity contribution < 1.29 is 13.9 Å². The number of anilines is 1. The van der Waals surface area contributed by atoms with E-state index < -0.39 is 0 Å². The zero-order valence-electron chi connectivity index (χ0n) is 15.4. The van der Waals surface area contributed by atoms with Gasteiger partial charge in [-0.1, -0.05) is 32.0 Å². The monoisotopic (exact) mass is 367 g/mol.